The summed E-state index contributed by atoms with van der Waals surface area (Å²) in [6, 6.07) is 11.7. The average molecular weight is 616 g/mol. The standard InChI is InChI=1S/C25H24Cl2NO9PS/c1-39(36,37)18-7-2-4-14(8-18)9-21(25(32)33)28-24(31)23-19(26)10-15(11-20(23)27)22(30)13-38(34,35)17-6-3-5-16(29)12-17/h2-8,10-12,21-22,29-30H,9,13H2,1H3,(H,28,31)(H,32,33)(H,34,35). The van der Waals surface area contributed by atoms with E-state index in [1.807, 2.05) is 0 Å². The molecule has 0 bridgehead atoms. The minimum atomic E-state index is -4.11. The van der Waals surface area contributed by atoms with Crippen molar-refractivity contribution >= 4 is 57.6 Å². The van der Waals surface area contributed by atoms with Crippen molar-refractivity contribution < 1.29 is 42.8 Å². The van der Waals surface area contributed by atoms with E-state index in [0.717, 1.165) is 12.3 Å². The number of aliphatic carboxylic acids is 1. The second-order valence-electron chi connectivity index (χ2n) is 8.77. The quantitative estimate of drug-likeness (QED) is 0.214. The van der Waals surface area contributed by atoms with E-state index >= 15 is 0 Å². The smallest absolute Gasteiger partial charge is 0.326 e. The number of phenolic OH excluding ortho intramolecular Hbond substituents is 1. The molecule has 3 unspecified atom stereocenters. The van der Waals surface area contributed by atoms with Crippen LogP contribution in [0.4, 0.5) is 0 Å². The molecule has 0 aromatic heterocycles. The number of carbonyl (C=O) groups is 2. The summed E-state index contributed by atoms with van der Waals surface area (Å²) in [4.78, 5) is 35.2. The number of benzene rings is 3. The van der Waals surface area contributed by atoms with E-state index in [-0.39, 0.29) is 43.5 Å². The van der Waals surface area contributed by atoms with Crippen LogP contribution in [0.5, 0.6) is 5.75 Å². The Balaban J connectivity index is 1.80. The summed E-state index contributed by atoms with van der Waals surface area (Å²) in [5, 5.41) is 31.5. The van der Waals surface area contributed by atoms with Gasteiger partial charge in [-0.15, -0.1) is 0 Å². The van der Waals surface area contributed by atoms with E-state index in [1.54, 1.807) is 0 Å². The molecule has 5 N–H and O–H groups in total. The van der Waals surface area contributed by atoms with Crippen LogP contribution in [-0.2, 0) is 25.6 Å². The van der Waals surface area contributed by atoms with Gasteiger partial charge in [-0.1, -0.05) is 41.4 Å². The topological polar surface area (TPSA) is 178 Å². The Hall–Kier alpha value is -2.92. The monoisotopic (exact) mass is 615 g/mol. The van der Waals surface area contributed by atoms with E-state index < -0.39 is 47.4 Å². The maximum atomic E-state index is 12.9. The normalized spacial score (nSPS) is 14.7. The molecule has 14 heteroatoms. The van der Waals surface area contributed by atoms with Crippen LogP contribution in [0, 0.1) is 0 Å². The number of carboxylic acid groups (broad SMARTS) is 1. The molecule has 39 heavy (non-hydrogen) atoms. The third kappa shape index (κ3) is 7.82. The molecule has 3 atom stereocenters. The summed E-state index contributed by atoms with van der Waals surface area (Å²) in [5.41, 5.74) is 0.0930. The zero-order chi connectivity index (χ0) is 29.1. The molecule has 0 aliphatic rings. The largest absolute Gasteiger partial charge is 0.508 e. The Morgan fingerprint density at radius 1 is 1.03 bits per heavy atom. The Morgan fingerprint density at radius 3 is 2.21 bits per heavy atom. The number of carbonyl (C=O) groups excluding carboxylic acids is 1. The van der Waals surface area contributed by atoms with Gasteiger partial charge in [-0.05, 0) is 53.6 Å². The number of hydrogen-bond donors (Lipinski definition) is 5. The van der Waals surface area contributed by atoms with Crippen LogP contribution in [0.25, 0.3) is 0 Å². The minimum Gasteiger partial charge on any atom is -0.508 e. The van der Waals surface area contributed by atoms with Crippen molar-refractivity contribution in [1.29, 1.82) is 0 Å². The summed E-state index contributed by atoms with van der Waals surface area (Å²) in [6.07, 6.45) is -1.39. The molecule has 0 aliphatic carbocycles. The molecule has 3 aromatic rings. The minimum absolute atomic E-state index is 0.00723. The van der Waals surface area contributed by atoms with E-state index in [9.17, 15) is 42.8 Å². The SMILES string of the molecule is CS(=O)(=O)c1cccc(CC(NC(=O)c2c(Cl)cc(C(O)CP(=O)(O)c3cccc(O)c3)cc2Cl)C(=O)O)c1. The highest BCUT2D eigenvalue weighted by molar-refractivity contribution is 7.90. The first-order chi connectivity index (χ1) is 18.1. The molecule has 3 rings (SSSR count). The number of halogens is 2. The fourth-order valence-corrected chi connectivity index (χ4v) is 6.64. The molecule has 0 saturated heterocycles. The van der Waals surface area contributed by atoms with E-state index in [4.69, 9.17) is 23.2 Å². The highest BCUT2D eigenvalue weighted by atomic mass is 35.5. The summed E-state index contributed by atoms with van der Waals surface area (Å²) in [5.74, 6) is -2.55. The van der Waals surface area contributed by atoms with Crippen molar-refractivity contribution in [2.24, 2.45) is 0 Å². The summed E-state index contributed by atoms with van der Waals surface area (Å²) >= 11 is 12.5. The number of phenols is 1. The van der Waals surface area contributed by atoms with Crippen LogP contribution in [0.1, 0.15) is 27.6 Å². The number of aliphatic hydroxyl groups excluding tert-OH is 1. The van der Waals surface area contributed by atoms with Crippen LogP contribution in [0.2, 0.25) is 10.0 Å². The summed E-state index contributed by atoms with van der Waals surface area (Å²) in [7, 11) is -7.64. The van der Waals surface area contributed by atoms with Gasteiger partial charge in [-0.2, -0.15) is 0 Å². The lowest BCUT2D eigenvalue weighted by molar-refractivity contribution is -0.139. The number of carboxylic acids is 1. The second kappa shape index (κ2) is 12.1. The first kappa shape index (κ1) is 30.6. The van der Waals surface area contributed by atoms with Gasteiger partial charge >= 0.3 is 5.97 Å². The number of amides is 1. The average Bonchev–Trinajstić information content (AvgIpc) is 2.82. The van der Waals surface area contributed by atoms with E-state index in [0.29, 0.717) is 5.56 Å². The van der Waals surface area contributed by atoms with Crippen molar-refractivity contribution in [3.8, 4) is 5.75 Å². The molecule has 0 heterocycles. The Kier molecular flexibility index (Phi) is 9.48. The third-order valence-electron chi connectivity index (χ3n) is 5.70. The molecular formula is C25H24Cl2NO9PS. The van der Waals surface area contributed by atoms with Crippen molar-refractivity contribution in [2.45, 2.75) is 23.5 Å². The number of nitrogens with one attached hydrogen (secondary N) is 1. The molecule has 10 nitrogen and oxygen atoms in total. The third-order valence-corrected chi connectivity index (χ3v) is 9.33. The Bertz CT molecular complexity index is 1560. The van der Waals surface area contributed by atoms with Gasteiger partial charge in [0.05, 0.1) is 32.8 Å². The van der Waals surface area contributed by atoms with Crippen molar-refractivity contribution in [3.63, 3.8) is 0 Å². The fourth-order valence-electron chi connectivity index (χ4n) is 3.73. The highest BCUT2D eigenvalue weighted by Gasteiger charge is 2.29. The molecule has 0 radical (unpaired) electrons. The number of hydrogen-bond acceptors (Lipinski definition) is 7. The van der Waals surface area contributed by atoms with Gasteiger partial charge in [0.2, 0.25) is 7.37 Å². The fraction of sp³-hybridized carbons (Fsp3) is 0.200. The molecule has 3 aromatic carbocycles. The van der Waals surface area contributed by atoms with Gasteiger partial charge in [0.25, 0.3) is 5.91 Å². The lowest BCUT2D eigenvalue weighted by Crippen LogP contribution is -2.42. The Morgan fingerprint density at radius 2 is 1.64 bits per heavy atom. The molecule has 0 spiro atoms. The number of aromatic hydroxyl groups is 1. The number of sulfone groups is 1. The molecule has 0 fully saturated rings. The molecule has 0 aliphatic heterocycles. The summed E-state index contributed by atoms with van der Waals surface area (Å²) in [6.45, 7) is 0. The van der Waals surface area contributed by atoms with Crippen LogP contribution >= 0.6 is 30.6 Å². The zero-order valence-corrected chi connectivity index (χ0v) is 23.5. The van der Waals surface area contributed by atoms with Gasteiger partial charge in [0, 0.05) is 18.0 Å². The van der Waals surface area contributed by atoms with E-state index in [1.165, 1.54) is 54.6 Å². The summed E-state index contributed by atoms with van der Waals surface area (Å²) < 4.78 is 36.4. The predicted molar refractivity (Wildman–Crippen MR) is 146 cm³/mol. The van der Waals surface area contributed by atoms with Crippen molar-refractivity contribution in [1.82, 2.24) is 5.32 Å². The first-order valence-corrected chi connectivity index (χ1v) is 15.7. The molecule has 0 saturated carbocycles. The van der Waals surface area contributed by atoms with Gasteiger partial charge in [-0.3, -0.25) is 9.36 Å². The van der Waals surface area contributed by atoms with Crippen LogP contribution < -0.4 is 10.6 Å². The van der Waals surface area contributed by atoms with Crippen LogP contribution in [0.3, 0.4) is 0 Å². The van der Waals surface area contributed by atoms with Gasteiger partial charge in [-0.25, -0.2) is 13.2 Å². The van der Waals surface area contributed by atoms with Gasteiger partial charge in [0.15, 0.2) is 9.84 Å². The zero-order valence-electron chi connectivity index (χ0n) is 20.3. The van der Waals surface area contributed by atoms with Gasteiger partial charge in [0.1, 0.15) is 11.8 Å². The lowest BCUT2D eigenvalue weighted by atomic mass is 10.0. The highest BCUT2D eigenvalue weighted by Crippen LogP contribution is 2.44. The number of rotatable bonds is 10. The Labute approximate surface area is 234 Å². The van der Waals surface area contributed by atoms with Crippen LogP contribution in [0.15, 0.2) is 65.6 Å². The number of aliphatic hydroxyl groups is 1. The maximum absolute atomic E-state index is 12.9. The molecular weight excluding hydrogens is 592 g/mol. The van der Waals surface area contributed by atoms with Gasteiger partial charge < -0.3 is 25.5 Å². The maximum Gasteiger partial charge on any atom is 0.326 e. The lowest BCUT2D eigenvalue weighted by Gasteiger charge is -2.19. The molecule has 1 amide bonds. The second-order valence-corrected chi connectivity index (χ2v) is 13.9. The first-order valence-electron chi connectivity index (χ1n) is 11.2. The van der Waals surface area contributed by atoms with Crippen LogP contribution in [-0.4, -0.2) is 59.0 Å². The van der Waals surface area contributed by atoms with Crippen molar-refractivity contribution in [2.75, 3.05) is 12.4 Å². The molecule has 208 valence electrons. The van der Waals surface area contributed by atoms with E-state index in [2.05, 4.69) is 5.32 Å². The predicted octanol–water partition coefficient (Wildman–Crippen LogP) is 3.16. The van der Waals surface area contributed by atoms with Crippen molar-refractivity contribution in [3.05, 3.63) is 87.4 Å².